The van der Waals surface area contributed by atoms with Crippen molar-refractivity contribution < 1.29 is 5.11 Å². The minimum Gasteiger partial charge on any atom is -0.395 e. The van der Waals surface area contributed by atoms with Crippen LogP contribution in [0.4, 0.5) is 17.3 Å². The SMILES string of the molecule is CC1(CO)CNc2c(C#N)cc(-c3ccnc(Nc4ccccc4C4CCCN4)n3)cc21. The molecule has 32 heavy (non-hydrogen) atoms. The second kappa shape index (κ2) is 8.23. The molecule has 2 aromatic carbocycles. The summed E-state index contributed by atoms with van der Waals surface area (Å²) < 4.78 is 0. The Morgan fingerprint density at radius 1 is 1.28 bits per heavy atom. The average Bonchev–Trinajstić information content (AvgIpc) is 3.48. The van der Waals surface area contributed by atoms with Gasteiger partial charge in [-0.15, -0.1) is 0 Å². The van der Waals surface area contributed by atoms with Gasteiger partial charge in [-0.1, -0.05) is 25.1 Å². The Bertz CT molecular complexity index is 1200. The predicted octanol–water partition coefficient (Wildman–Crippen LogP) is 3.86. The number of nitriles is 1. The summed E-state index contributed by atoms with van der Waals surface area (Å²) in [5.74, 6) is 0.509. The van der Waals surface area contributed by atoms with E-state index in [0.29, 0.717) is 24.1 Å². The van der Waals surface area contributed by atoms with Gasteiger partial charge in [-0.3, -0.25) is 0 Å². The van der Waals surface area contributed by atoms with E-state index in [4.69, 9.17) is 4.98 Å². The highest BCUT2D eigenvalue weighted by Gasteiger charge is 2.36. The molecule has 2 aliphatic rings. The molecule has 162 valence electrons. The Balaban J connectivity index is 1.50. The van der Waals surface area contributed by atoms with Crippen molar-refractivity contribution in [3.8, 4) is 17.3 Å². The van der Waals surface area contributed by atoms with Crippen molar-refractivity contribution in [2.45, 2.75) is 31.2 Å². The van der Waals surface area contributed by atoms with Crippen LogP contribution in [-0.4, -0.2) is 34.8 Å². The molecular weight excluding hydrogens is 400 g/mol. The summed E-state index contributed by atoms with van der Waals surface area (Å²) in [5.41, 5.74) is 5.64. The zero-order chi connectivity index (χ0) is 22.1. The molecule has 2 atom stereocenters. The number of anilines is 3. The first kappa shape index (κ1) is 20.4. The number of nitrogens with zero attached hydrogens (tertiary/aromatic N) is 3. The van der Waals surface area contributed by atoms with Crippen LogP contribution in [0.3, 0.4) is 0 Å². The maximum Gasteiger partial charge on any atom is 0.227 e. The minimum absolute atomic E-state index is 0.00386. The van der Waals surface area contributed by atoms with E-state index in [0.717, 1.165) is 41.2 Å². The molecule has 3 aromatic rings. The van der Waals surface area contributed by atoms with Gasteiger partial charge in [-0.2, -0.15) is 5.26 Å². The molecule has 0 aliphatic carbocycles. The Labute approximate surface area is 187 Å². The molecule has 2 aliphatic heterocycles. The fourth-order valence-electron chi connectivity index (χ4n) is 4.63. The standard InChI is InChI=1S/C25H26N6O/c1-25(15-32)14-29-23-17(13-26)11-16(12-19(23)25)20-8-10-28-24(30-20)31-22-6-3-2-5-18(22)21-7-4-9-27-21/h2-3,5-6,8,10-12,21,27,29,32H,4,7,9,14-15H2,1H3,(H,28,30,31). The van der Waals surface area contributed by atoms with Gasteiger partial charge < -0.3 is 21.1 Å². The van der Waals surface area contributed by atoms with E-state index in [-0.39, 0.29) is 6.61 Å². The predicted molar refractivity (Wildman–Crippen MR) is 125 cm³/mol. The lowest BCUT2D eigenvalue weighted by Crippen LogP contribution is -2.28. The molecule has 2 unspecified atom stereocenters. The minimum atomic E-state index is -0.432. The van der Waals surface area contributed by atoms with Crippen LogP contribution in [0, 0.1) is 11.3 Å². The lowest BCUT2D eigenvalue weighted by molar-refractivity contribution is 0.219. The number of hydrogen-bond donors (Lipinski definition) is 4. The molecule has 1 aromatic heterocycles. The highest BCUT2D eigenvalue weighted by molar-refractivity contribution is 5.76. The second-order valence-electron chi connectivity index (χ2n) is 8.76. The lowest BCUT2D eigenvalue weighted by atomic mass is 9.83. The zero-order valence-corrected chi connectivity index (χ0v) is 18.0. The molecule has 3 heterocycles. The third kappa shape index (κ3) is 3.58. The highest BCUT2D eigenvalue weighted by atomic mass is 16.3. The quantitative estimate of drug-likeness (QED) is 0.491. The number of fused-ring (bicyclic) bond motifs is 1. The van der Waals surface area contributed by atoms with Crippen molar-refractivity contribution in [3.63, 3.8) is 0 Å². The van der Waals surface area contributed by atoms with E-state index in [9.17, 15) is 10.4 Å². The molecule has 1 saturated heterocycles. The summed E-state index contributed by atoms with van der Waals surface area (Å²) in [6, 6.07) is 16.6. The van der Waals surface area contributed by atoms with Crippen molar-refractivity contribution in [2.75, 3.05) is 30.3 Å². The Morgan fingerprint density at radius 3 is 2.94 bits per heavy atom. The van der Waals surface area contributed by atoms with Crippen LogP contribution in [0.2, 0.25) is 0 Å². The lowest BCUT2D eigenvalue weighted by Gasteiger charge is -2.21. The highest BCUT2D eigenvalue weighted by Crippen LogP contribution is 2.41. The van der Waals surface area contributed by atoms with Crippen LogP contribution in [-0.2, 0) is 5.41 Å². The van der Waals surface area contributed by atoms with Crippen molar-refractivity contribution >= 4 is 17.3 Å². The molecule has 0 saturated carbocycles. The van der Waals surface area contributed by atoms with Gasteiger partial charge in [0, 0.05) is 35.4 Å². The third-order valence-corrected chi connectivity index (χ3v) is 6.51. The van der Waals surface area contributed by atoms with Gasteiger partial charge >= 0.3 is 0 Å². The second-order valence-corrected chi connectivity index (χ2v) is 8.76. The molecule has 7 heteroatoms. The van der Waals surface area contributed by atoms with Crippen molar-refractivity contribution in [2.24, 2.45) is 0 Å². The molecular formula is C25H26N6O. The van der Waals surface area contributed by atoms with E-state index in [2.05, 4.69) is 39.1 Å². The molecule has 0 spiro atoms. The molecule has 5 rings (SSSR count). The fourth-order valence-corrected chi connectivity index (χ4v) is 4.63. The average molecular weight is 427 g/mol. The summed E-state index contributed by atoms with van der Waals surface area (Å²) in [7, 11) is 0. The van der Waals surface area contributed by atoms with Crippen LogP contribution < -0.4 is 16.0 Å². The fraction of sp³-hybridized carbons (Fsp3) is 0.320. The van der Waals surface area contributed by atoms with Gasteiger partial charge in [0.15, 0.2) is 0 Å². The van der Waals surface area contributed by atoms with Crippen molar-refractivity contribution in [1.29, 1.82) is 5.26 Å². The summed E-state index contributed by atoms with van der Waals surface area (Å²) >= 11 is 0. The summed E-state index contributed by atoms with van der Waals surface area (Å²) in [4.78, 5) is 9.17. The van der Waals surface area contributed by atoms with Gasteiger partial charge in [0.1, 0.15) is 6.07 Å². The first-order valence-corrected chi connectivity index (χ1v) is 11.0. The van der Waals surface area contributed by atoms with E-state index in [1.54, 1.807) is 6.20 Å². The summed E-state index contributed by atoms with van der Waals surface area (Å²) in [6.45, 7) is 3.63. The number of rotatable bonds is 5. The third-order valence-electron chi connectivity index (χ3n) is 6.51. The molecule has 7 nitrogen and oxygen atoms in total. The van der Waals surface area contributed by atoms with E-state index in [1.807, 2.05) is 37.3 Å². The van der Waals surface area contributed by atoms with Crippen LogP contribution in [0.25, 0.3) is 11.3 Å². The maximum absolute atomic E-state index is 9.96. The number of para-hydroxylation sites is 1. The number of hydrogen-bond acceptors (Lipinski definition) is 7. The largest absolute Gasteiger partial charge is 0.395 e. The van der Waals surface area contributed by atoms with E-state index >= 15 is 0 Å². The number of aromatic nitrogens is 2. The number of aliphatic hydroxyl groups excluding tert-OH is 1. The van der Waals surface area contributed by atoms with Gasteiger partial charge in [-0.25, -0.2) is 9.97 Å². The molecule has 0 radical (unpaired) electrons. The van der Waals surface area contributed by atoms with Gasteiger partial charge in [0.25, 0.3) is 0 Å². The van der Waals surface area contributed by atoms with Crippen LogP contribution in [0.1, 0.15) is 42.5 Å². The first-order valence-electron chi connectivity index (χ1n) is 11.0. The maximum atomic E-state index is 9.96. The molecule has 4 N–H and O–H groups in total. The first-order chi connectivity index (χ1) is 15.6. The van der Waals surface area contributed by atoms with Crippen molar-refractivity contribution in [1.82, 2.24) is 15.3 Å². The monoisotopic (exact) mass is 426 g/mol. The van der Waals surface area contributed by atoms with Gasteiger partial charge in [-0.05, 0) is 54.8 Å². The Morgan fingerprint density at radius 2 is 2.16 bits per heavy atom. The van der Waals surface area contributed by atoms with E-state index < -0.39 is 5.41 Å². The van der Waals surface area contributed by atoms with Crippen LogP contribution >= 0.6 is 0 Å². The van der Waals surface area contributed by atoms with Crippen LogP contribution in [0.15, 0.2) is 48.7 Å². The number of nitrogens with one attached hydrogen (secondary N) is 3. The normalized spacial score (nSPS) is 21.6. The topological polar surface area (TPSA) is 106 Å². The van der Waals surface area contributed by atoms with Gasteiger partial charge in [0.2, 0.25) is 5.95 Å². The van der Waals surface area contributed by atoms with Crippen LogP contribution in [0.5, 0.6) is 0 Å². The van der Waals surface area contributed by atoms with E-state index in [1.165, 1.54) is 12.0 Å². The zero-order valence-electron chi connectivity index (χ0n) is 18.0. The Hall–Kier alpha value is -3.47. The summed E-state index contributed by atoms with van der Waals surface area (Å²) in [6.07, 6.45) is 4.01. The number of aliphatic hydroxyl groups is 1. The number of benzene rings is 2. The Kier molecular flexibility index (Phi) is 5.25. The molecule has 0 bridgehead atoms. The smallest absolute Gasteiger partial charge is 0.227 e. The van der Waals surface area contributed by atoms with Crippen molar-refractivity contribution in [3.05, 3.63) is 65.4 Å². The molecule has 1 fully saturated rings. The summed E-state index contributed by atoms with van der Waals surface area (Å²) in [5, 5.41) is 29.9. The molecule has 0 amide bonds. The van der Waals surface area contributed by atoms with Gasteiger partial charge in [0.05, 0.1) is 23.6 Å².